The number of anilines is 1. The van der Waals surface area contributed by atoms with Crippen LogP contribution in [0.1, 0.15) is 24.1 Å². The van der Waals surface area contributed by atoms with Crippen LogP contribution < -0.4 is 9.64 Å². The fraction of sp³-hybridized carbons (Fsp3) is 0.273. The lowest BCUT2D eigenvalue weighted by Gasteiger charge is -2.33. The van der Waals surface area contributed by atoms with E-state index in [0.29, 0.717) is 0 Å². The Bertz CT molecular complexity index is 1220. The molecule has 0 aromatic heterocycles. The molecule has 0 aliphatic carbocycles. The maximum atomic E-state index is 13.7. The third-order valence-electron chi connectivity index (χ3n) is 6.32. The first kappa shape index (κ1) is 19.9. The van der Waals surface area contributed by atoms with Gasteiger partial charge in [0.2, 0.25) is 11.8 Å². The molecule has 32 heavy (non-hydrogen) atoms. The predicted molar refractivity (Wildman–Crippen MR) is 112 cm³/mol. The zero-order valence-corrected chi connectivity index (χ0v) is 17.2. The number of ketones is 1. The van der Waals surface area contributed by atoms with Gasteiger partial charge in [-0.25, -0.2) is 4.90 Å². The molecular formula is C22H18N4O6. The SMILES string of the molecule is COc1ccc([N+](=O)[O-])cc1N1C(=O)[C@@H]2[C@H](C1=O)[C@H]1c3ccccc3C=NN1[C@@H]2C(C)=O. The first-order valence-electron chi connectivity index (χ1n) is 9.97. The Hall–Kier alpha value is -4.08. The first-order valence-corrected chi connectivity index (χ1v) is 9.97. The van der Waals surface area contributed by atoms with E-state index in [0.717, 1.165) is 22.1 Å². The average molecular weight is 434 g/mol. The molecule has 10 heteroatoms. The lowest BCUT2D eigenvalue weighted by Crippen LogP contribution is -2.44. The van der Waals surface area contributed by atoms with Gasteiger partial charge in [0.25, 0.3) is 5.69 Å². The predicted octanol–water partition coefficient (Wildman–Crippen LogP) is 2.07. The van der Waals surface area contributed by atoms with Crippen LogP contribution in [0.15, 0.2) is 47.6 Å². The van der Waals surface area contributed by atoms with E-state index in [1.165, 1.54) is 26.2 Å². The van der Waals surface area contributed by atoms with Gasteiger partial charge in [-0.15, -0.1) is 0 Å². The van der Waals surface area contributed by atoms with Crippen molar-refractivity contribution in [2.75, 3.05) is 12.0 Å². The summed E-state index contributed by atoms with van der Waals surface area (Å²) in [6.45, 7) is 1.37. The van der Waals surface area contributed by atoms with E-state index in [9.17, 15) is 24.5 Å². The maximum absolute atomic E-state index is 13.7. The molecule has 162 valence electrons. The standard InChI is InChI=1S/C22H18N4O6/c1-11(27)19-17-18(20-14-6-4-3-5-12(14)10-23-25(19)20)22(29)24(21(17)28)15-9-13(26(30)31)7-8-16(15)32-2/h3-10,17-20H,1-2H3/t17-,18+,19-,20-/m1/s1. The van der Waals surface area contributed by atoms with Crippen molar-refractivity contribution in [2.45, 2.75) is 19.0 Å². The zero-order chi connectivity index (χ0) is 22.7. The van der Waals surface area contributed by atoms with Crippen LogP contribution in [0.3, 0.4) is 0 Å². The summed E-state index contributed by atoms with van der Waals surface area (Å²) >= 11 is 0. The van der Waals surface area contributed by atoms with Crippen LogP contribution in [0.2, 0.25) is 0 Å². The van der Waals surface area contributed by atoms with Gasteiger partial charge in [0.05, 0.1) is 36.1 Å². The Morgan fingerprint density at radius 3 is 2.53 bits per heavy atom. The Morgan fingerprint density at radius 1 is 1.12 bits per heavy atom. The van der Waals surface area contributed by atoms with E-state index in [1.807, 2.05) is 24.3 Å². The number of hydrazone groups is 1. The highest BCUT2D eigenvalue weighted by molar-refractivity contribution is 6.24. The van der Waals surface area contributed by atoms with Crippen molar-refractivity contribution < 1.29 is 24.0 Å². The molecule has 0 unspecified atom stereocenters. The number of benzene rings is 2. The molecule has 10 nitrogen and oxygen atoms in total. The number of carbonyl (C=O) groups is 3. The minimum absolute atomic E-state index is 0.00690. The minimum Gasteiger partial charge on any atom is -0.495 e. The van der Waals surface area contributed by atoms with Crippen molar-refractivity contribution in [2.24, 2.45) is 16.9 Å². The molecule has 5 rings (SSSR count). The molecule has 3 heterocycles. The summed E-state index contributed by atoms with van der Waals surface area (Å²) in [6.07, 6.45) is 1.62. The number of imide groups is 1. The van der Waals surface area contributed by atoms with Crippen molar-refractivity contribution >= 4 is 35.2 Å². The highest BCUT2D eigenvalue weighted by Crippen LogP contribution is 2.53. The number of nitro groups is 1. The number of hydrogen-bond donors (Lipinski definition) is 0. The molecule has 0 spiro atoms. The number of nitro benzene ring substituents is 1. The van der Waals surface area contributed by atoms with E-state index in [4.69, 9.17) is 4.74 Å². The van der Waals surface area contributed by atoms with Crippen molar-refractivity contribution in [3.63, 3.8) is 0 Å². The van der Waals surface area contributed by atoms with E-state index in [2.05, 4.69) is 5.10 Å². The van der Waals surface area contributed by atoms with Crippen molar-refractivity contribution in [3.8, 4) is 5.75 Å². The number of Topliss-reactive ketones (excluding diaryl/α,β-unsaturated/α-hetero) is 1. The summed E-state index contributed by atoms with van der Waals surface area (Å²) in [5.41, 5.74) is 1.32. The molecule has 0 radical (unpaired) electrons. The van der Waals surface area contributed by atoms with Gasteiger partial charge in [-0.05, 0) is 24.1 Å². The molecule has 2 amide bonds. The van der Waals surface area contributed by atoms with Crippen LogP contribution in [0.25, 0.3) is 0 Å². The molecule has 2 fully saturated rings. The summed E-state index contributed by atoms with van der Waals surface area (Å²) in [5.74, 6) is -3.09. The molecular weight excluding hydrogens is 416 g/mol. The van der Waals surface area contributed by atoms with Crippen molar-refractivity contribution in [1.82, 2.24) is 5.01 Å². The number of amides is 2. The molecule has 0 saturated carbocycles. The van der Waals surface area contributed by atoms with Crippen LogP contribution in [0.4, 0.5) is 11.4 Å². The molecule has 2 saturated heterocycles. The third kappa shape index (κ3) is 2.58. The number of nitrogens with zero attached hydrogens (tertiary/aromatic N) is 4. The van der Waals surface area contributed by atoms with Crippen LogP contribution in [0.5, 0.6) is 5.75 Å². The third-order valence-corrected chi connectivity index (χ3v) is 6.32. The van der Waals surface area contributed by atoms with Gasteiger partial charge in [-0.1, -0.05) is 24.3 Å². The zero-order valence-electron chi connectivity index (χ0n) is 17.2. The Morgan fingerprint density at radius 2 is 1.84 bits per heavy atom. The fourth-order valence-corrected chi connectivity index (χ4v) is 5.03. The quantitative estimate of drug-likeness (QED) is 0.410. The number of hydrogen-bond acceptors (Lipinski definition) is 8. The van der Waals surface area contributed by atoms with Gasteiger partial charge in [0, 0.05) is 12.1 Å². The Kier molecular flexibility index (Phi) is 4.33. The maximum Gasteiger partial charge on any atom is 0.271 e. The van der Waals surface area contributed by atoms with Crippen LogP contribution in [-0.2, 0) is 14.4 Å². The number of methoxy groups -OCH3 is 1. The molecule has 0 N–H and O–H groups in total. The van der Waals surface area contributed by atoms with Gasteiger partial charge in [0.15, 0.2) is 5.78 Å². The molecule has 3 aliphatic heterocycles. The van der Waals surface area contributed by atoms with Crippen LogP contribution >= 0.6 is 0 Å². The molecule has 2 aromatic rings. The first-order chi connectivity index (χ1) is 15.3. The summed E-state index contributed by atoms with van der Waals surface area (Å²) < 4.78 is 5.28. The molecule has 0 bridgehead atoms. The number of ether oxygens (including phenoxy) is 1. The lowest BCUT2D eigenvalue weighted by molar-refractivity contribution is -0.384. The highest BCUT2D eigenvalue weighted by atomic mass is 16.6. The second-order valence-corrected chi connectivity index (χ2v) is 7.93. The normalized spacial score (nSPS) is 25.4. The van der Waals surface area contributed by atoms with Gasteiger partial charge < -0.3 is 4.74 Å². The van der Waals surface area contributed by atoms with Crippen LogP contribution in [-0.4, -0.2) is 46.9 Å². The average Bonchev–Trinajstić information content (AvgIpc) is 3.26. The van der Waals surface area contributed by atoms with Crippen molar-refractivity contribution in [1.29, 1.82) is 0 Å². The lowest BCUT2D eigenvalue weighted by atomic mass is 9.84. The summed E-state index contributed by atoms with van der Waals surface area (Å²) in [4.78, 5) is 51.5. The number of carbonyl (C=O) groups excluding carboxylic acids is 3. The molecule has 4 atom stereocenters. The van der Waals surface area contributed by atoms with Crippen LogP contribution in [0, 0.1) is 22.0 Å². The fourth-order valence-electron chi connectivity index (χ4n) is 5.03. The molecule has 2 aromatic carbocycles. The summed E-state index contributed by atoms with van der Waals surface area (Å²) in [7, 11) is 1.35. The molecule has 3 aliphatic rings. The number of rotatable bonds is 4. The van der Waals surface area contributed by atoms with Crippen molar-refractivity contribution in [3.05, 3.63) is 63.7 Å². The van der Waals surface area contributed by atoms with E-state index >= 15 is 0 Å². The number of non-ortho nitro benzene ring substituents is 1. The highest BCUT2D eigenvalue weighted by Gasteiger charge is 2.65. The largest absolute Gasteiger partial charge is 0.495 e. The second kappa shape index (κ2) is 6.98. The smallest absolute Gasteiger partial charge is 0.271 e. The Balaban J connectivity index is 1.66. The van der Waals surface area contributed by atoms with E-state index in [1.54, 1.807) is 11.2 Å². The van der Waals surface area contributed by atoms with Gasteiger partial charge in [0.1, 0.15) is 17.5 Å². The Labute approximate surface area is 182 Å². The van der Waals surface area contributed by atoms with Gasteiger partial charge in [-0.3, -0.25) is 29.5 Å². The summed E-state index contributed by atoms with van der Waals surface area (Å²) in [5, 5.41) is 17.3. The number of fused-ring (bicyclic) bond motifs is 5. The topological polar surface area (TPSA) is 122 Å². The monoisotopic (exact) mass is 434 g/mol. The van der Waals surface area contributed by atoms with E-state index in [-0.39, 0.29) is 22.9 Å². The minimum atomic E-state index is -0.961. The second-order valence-electron chi connectivity index (χ2n) is 7.93. The summed E-state index contributed by atoms with van der Waals surface area (Å²) in [6, 6.07) is 9.59. The van der Waals surface area contributed by atoms with Gasteiger partial charge in [-0.2, -0.15) is 5.10 Å². The van der Waals surface area contributed by atoms with E-state index < -0.39 is 40.7 Å². The van der Waals surface area contributed by atoms with Gasteiger partial charge >= 0.3 is 0 Å².